The van der Waals surface area contributed by atoms with Crippen LogP contribution < -0.4 is 20.4 Å². The van der Waals surface area contributed by atoms with E-state index in [-0.39, 0.29) is 5.91 Å². The zero-order chi connectivity index (χ0) is 20.6. The van der Waals surface area contributed by atoms with Gasteiger partial charge in [-0.05, 0) is 44.9 Å². The highest BCUT2D eigenvalue weighted by Crippen LogP contribution is 2.40. The van der Waals surface area contributed by atoms with E-state index in [9.17, 15) is 4.79 Å². The molecule has 1 fully saturated rings. The number of anilines is 5. The molecule has 4 rings (SSSR count). The van der Waals surface area contributed by atoms with Gasteiger partial charge in [0, 0.05) is 38.1 Å². The van der Waals surface area contributed by atoms with Gasteiger partial charge in [-0.3, -0.25) is 4.79 Å². The minimum Gasteiger partial charge on any atom is -0.388 e. The molecule has 2 aromatic rings. The lowest BCUT2D eigenvalue weighted by molar-refractivity contribution is -0.125. The summed E-state index contributed by atoms with van der Waals surface area (Å²) in [6.45, 7) is 4.71. The third kappa shape index (κ3) is 3.73. The van der Waals surface area contributed by atoms with Gasteiger partial charge < -0.3 is 20.4 Å². The predicted octanol–water partition coefficient (Wildman–Crippen LogP) is 4.01. The smallest absolute Gasteiger partial charge is 0.234 e. The van der Waals surface area contributed by atoms with Crippen LogP contribution in [-0.2, 0) is 4.79 Å². The highest BCUT2D eigenvalue weighted by atomic mass is 16.2. The number of aromatic nitrogens is 2. The van der Waals surface area contributed by atoms with Crippen LogP contribution in [0, 0.1) is 5.41 Å². The van der Waals surface area contributed by atoms with Crippen molar-refractivity contribution in [2.75, 3.05) is 41.1 Å². The largest absolute Gasteiger partial charge is 0.388 e. The molecule has 0 radical (unpaired) electrons. The van der Waals surface area contributed by atoms with Crippen LogP contribution in [0.25, 0.3) is 0 Å². The summed E-state index contributed by atoms with van der Waals surface area (Å²) in [6, 6.07) is 8.42. The van der Waals surface area contributed by atoms with Crippen molar-refractivity contribution in [3.05, 3.63) is 30.5 Å². The molecule has 7 nitrogen and oxygen atoms in total. The van der Waals surface area contributed by atoms with Crippen LogP contribution in [0.3, 0.4) is 0 Å². The van der Waals surface area contributed by atoms with E-state index >= 15 is 0 Å². The van der Waals surface area contributed by atoms with Crippen LogP contribution in [-0.4, -0.2) is 42.6 Å². The summed E-state index contributed by atoms with van der Waals surface area (Å²) < 4.78 is 0. The maximum absolute atomic E-state index is 13.1. The summed E-state index contributed by atoms with van der Waals surface area (Å²) in [7, 11) is 3.72. The number of rotatable bonds is 4. The number of nitrogens with zero attached hydrogens (tertiary/aromatic N) is 4. The van der Waals surface area contributed by atoms with E-state index in [2.05, 4.69) is 20.5 Å². The lowest BCUT2D eigenvalue weighted by Gasteiger charge is -2.34. The van der Waals surface area contributed by atoms with Crippen LogP contribution in [0.5, 0.6) is 0 Å². The third-order valence-electron chi connectivity index (χ3n) is 6.01. The summed E-state index contributed by atoms with van der Waals surface area (Å²) in [4.78, 5) is 26.5. The Bertz CT molecular complexity index is 906. The number of carbonyl (C=O) groups excluding carboxylic acids is 1. The van der Waals surface area contributed by atoms with Gasteiger partial charge in [0.15, 0.2) is 5.82 Å². The SMILES string of the molecule is CNc1cccc(Nc2ncc3c(n2)N(C2CCCC2)CC(C)(C)C(=O)N3C)c1. The van der Waals surface area contributed by atoms with E-state index in [1.165, 1.54) is 12.8 Å². The zero-order valence-electron chi connectivity index (χ0n) is 17.7. The minimum absolute atomic E-state index is 0.102. The molecule has 1 aromatic carbocycles. The van der Waals surface area contributed by atoms with Gasteiger partial charge in [-0.25, -0.2) is 4.98 Å². The summed E-state index contributed by atoms with van der Waals surface area (Å²) in [5, 5.41) is 6.46. The van der Waals surface area contributed by atoms with Crippen LogP contribution >= 0.6 is 0 Å². The molecule has 29 heavy (non-hydrogen) atoms. The third-order valence-corrected chi connectivity index (χ3v) is 6.01. The van der Waals surface area contributed by atoms with Gasteiger partial charge in [-0.1, -0.05) is 18.9 Å². The first-order valence-electron chi connectivity index (χ1n) is 10.4. The molecule has 1 aromatic heterocycles. The maximum Gasteiger partial charge on any atom is 0.234 e. The molecule has 1 saturated carbocycles. The summed E-state index contributed by atoms with van der Waals surface area (Å²) in [5.74, 6) is 1.49. The van der Waals surface area contributed by atoms with Gasteiger partial charge >= 0.3 is 0 Å². The molecule has 0 bridgehead atoms. The van der Waals surface area contributed by atoms with Gasteiger partial charge in [-0.15, -0.1) is 0 Å². The molecule has 0 atom stereocenters. The molecular formula is C22H30N6O. The fraction of sp³-hybridized carbons (Fsp3) is 0.500. The first-order valence-corrected chi connectivity index (χ1v) is 10.4. The fourth-order valence-electron chi connectivity index (χ4n) is 4.41. The summed E-state index contributed by atoms with van der Waals surface area (Å²) in [6.07, 6.45) is 6.52. The number of benzene rings is 1. The van der Waals surface area contributed by atoms with Crippen molar-refractivity contribution in [1.82, 2.24) is 9.97 Å². The van der Waals surface area contributed by atoms with Crippen LogP contribution in [0.1, 0.15) is 39.5 Å². The van der Waals surface area contributed by atoms with Crippen LogP contribution in [0.2, 0.25) is 0 Å². The van der Waals surface area contributed by atoms with Crippen molar-refractivity contribution in [2.45, 2.75) is 45.6 Å². The molecule has 154 valence electrons. The normalized spacial score (nSPS) is 19.1. The van der Waals surface area contributed by atoms with Crippen LogP contribution in [0.4, 0.5) is 28.8 Å². The fourth-order valence-corrected chi connectivity index (χ4v) is 4.41. The Kier molecular flexibility index (Phi) is 5.06. The molecular weight excluding hydrogens is 364 g/mol. The maximum atomic E-state index is 13.1. The van der Waals surface area contributed by atoms with Crippen molar-refractivity contribution in [2.24, 2.45) is 5.41 Å². The zero-order valence-corrected chi connectivity index (χ0v) is 17.7. The van der Waals surface area contributed by atoms with Crippen molar-refractivity contribution in [3.8, 4) is 0 Å². The summed E-state index contributed by atoms with van der Waals surface area (Å²) >= 11 is 0. The quantitative estimate of drug-likeness (QED) is 0.816. The van der Waals surface area contributed by atoms with Gasteiger partial charge in [-0.2, -0.15) is 4.98 Å². The van der Waals surface area contributed by atoms with E-state index in [1.807, 2.05) is 52.2 Å². The Morgan fingerprint density at radius 3 is 2.62 bits per heavy atom. The molecule has 0 saturated heterocycles. The Labute approximate surface area is 172 Å². The Balaban J connectivity index is 1.73. The molecule has 2 heterocycles. The van der Waals surface area contributed by atoms with Crippen molar-refractivity contribution in [1.29, 1.82) is 0 Å². The molecule has 1 amide bonds. The molecule has 7 heteroatoms. The number of hydrogen-bond donors (Lipinski definition) is 2. The lowest BCUT2D eigenvalue weighted by atomic mass is 9.91. The van der Waals surface area contributed by atoms with Crippen molar-refractivity contribution >= 4 is 34.7 Å². The van der Waals surface area contributed by atoms with Gasteiger partial charge in [0.05, 0.1) is 11.6 Å². The van der Waals surface area contributed by atoms with E-state index in [4.69, 9.17) is 4.98 Å². The highest BCUT2D eigenvalue weighted by Gasteiger charge is 2.41. The Morgan fingerprint density at radius 1 is 1.17 bits per heavy atom. The molecule has 0 unspecified atom stereocenters. The molecule has 1 aliphatic heterocycles. The second kappa shape index (κ2) is 7.54. The Morgan fingerprint density at radius 2 is 1.90 bits per heavy atom. The first kappa shape index (κ1) is 19.5. The molecule has 1 aliphatic carbocycles. The number of hydrogen-bond acceptors (Lipinski definition) is 6. The second-order valence-electron chi connectivity index (χ2n) is 8.67. The summed E-state index contributed by atoms with van der Waals surface area (Å²) in [5.41, 5.74) is 2.24. The number of carbonyl (C=O) groups is 1. The Hall–Kier alpha value is -2.83. The number of fused-ring (bicyclic) bond motifs is 1. The van der Waals surface area contributed by atoms with Crippen molar-refractivity contribution in [3.63, 3.8) is 0 Å². The first-order chi connectivity index (χ1) is 13.9. The number of amides is 1. The van der Waals surface area contributed by atoms with E-state index in [0.717, 1.165) is 35.7 Å². The topological polar surface area (TPSA) is 73.4 Å². The average molecular weight is 395 g/mol. The van der Waals surface area contributed by atoms with Crippen molar-refractivity contribution < 1.29 is 4.79 Å². The monoisotopic (exact) mass is 394 g/mol. The molecule has 0 spiro atoms. The minimum atomic E-state index is -0.479. The molecule has 2 aliphatic rings. The van der Waals surface area contributed by atoms with E-state index < -0.39 is 5.41 Å². The van der Waals surface area contributed by atoms with Gasteiger partial charge in [0.25, 0.3) is 0 Å². The number of nitrogens with one attached hydrogen (secondary N) is 2. The van der Waals surface area contributed by atoms with Gasteiger partial charge in [0.1, 0.15) is 5.69 Å². The van der Waals surface area contributed by atoms with Gasteiger partial charge in [0.2, 0.25) is 11.9 Å². The predicted molar refractivity (Wildman–Crippen MR) is 118 cm³/mol. The van der Waals surface area contributed by atoms with Crippen LogP contribution in [0.15, 0.2) is 30.5 Å². The van der Waals surface area contributed by atoms with E-state index in [1.54, 1.807) is 11.1 Å². The van der Waals surface area contributed by atoms with E-state index in [0.29, 0.717) is 18.5 Å². The standard InChI is InChI=1S/C22H30N6O/c1-22(2)14-28(17-10-5-6-11-17)19-18(27(4)20(22)29)13-24-21(26-19)25-16-9-7-8-15(12-16)23-3/h7-9,12-13,17,23H,5-6,10-11,14H2,1-4H3,(H,24,25,26). The average Bonchev–Trinajstić information content (AvgIpc) is 3.23. The molecule has 2 N–H and O–H groups in total. The lowest BCUT2D eigenvalue weighted by Crippen LogP contribution is -2.45. The second-order valence-corrected chi connectivity index (χ2v) is 8.67. The highest BCUT2D eigenvalue weighted by molar-refractivity contribution is 6.00.